The summed E-state index contributed by atoms with van der Waals surface area (Å²) in [6.07, 6.45) is 0.110. The van der Waals surface area contributed by atoms with Crippen LogP contribution in [0.25, 0.3) is 0 Å². The number of ether oxygens (including phenoxy) is 1. The van der Waals surface area contributed by atoms with Crippen molar-refractivity contribution in [3.63, 3.8) is 0 Å². The van der Waals surface area contributed by atoms with Gasteiger partial charge in [-0.15, -0.1) is 0 Å². The molecule has 2 fully saturated rings. The van der Waals surface area contributed by atoms with Crippen LogP contribution >= 0.6 is 0 Å². The molecule has 0 aliphatic carbocycles. The number of carbonyl (C=O) groups is 3. The summed E-state index contributed by atoms with van der Waals surface area (Å²) in [5, 5.41) is 5.64. The van der Waals surface area contributed by atoms with E-state index in [-0.39, 0.29) is 36.2 Å². The average molecular weight is 431 g/mol. The van der Waals surface area contributed by atoms with Crippen LogP contribution in [0.5, 0.6) is 0 Å². The number of nitrogens with zero attached hydrogens (tertiary/aromatic N) is 2. The van der Waals surface area contributed by atoms with E-state index >= 15 is 0 Å². The van der Waals surface area contributed by atoms with Gasteiger partial charge < -0.3 is 25.2 Å². The number of piperazine rings is 1. The van der Waals surface area contributed by atoms with Crippen LogP contribution in [0.3, 0.4) is 0 Å². The highest BCUT2D eigenvalue weighted by Crippen LogP contribution is 2.18. The number of rotatable bonds is 7. The van der Waals surface area contributed by atoms with E-state index in [9.17, 15) is 14.4 Å². The van der Waals surface area contributed by atoms with Gasteiger partial charge in [-0.05, 0) is 44.5 Å². The minimum atomic E-state index is -0.722. The van der Waals surface area contributed by atoms with Gasteiger partial charge in [-0.25, -0.2) is 0 Å². The van der Waals surface area contributed by atoms with Gasteiger partial charge in [0.25, 0.3) is 5.91 Å². The number of benzene rings is 1. The van der Waals surface area contributed by atoms with Crippen molar-refractivity contribution in [3.8, 4) is 0 Å². The number of Topliss-reactive ketones (excluding diaryl/α,β-unsaturated/α-hetero) is 1. The number of likely N-dealkylation sites (N-methyl/N-ethyl adjacent to an activating group) is 1. The summed E-state index contributed by atoms with van der Waals surface area (Å²) in [7, 11) is 2.10. The summed E-state index contributed by atoms with van der Waals surface area (Å²) < 4.78 is 5.31. The molecular formula is C23H34N4O4. The largest absolute Gasteiger partial charge is 0.369 e. The average Bonchev–Trinajstić information content (AvgIpc) is 3.05. The quantitative estimate of drug-likeness (QED) is 0.672. The minimum Gasteiger partial charge on any atom is -0.369 e. The van der Waals surface area contributed by atoms with Crippen molar-refractivity contribution in [2.45, 2.75) is 45.4 Å². The van der Waals surface area contributed by atoms with E-state index in [4.69, 9.17) is 4.74 Å². The molecule has 31 heavy (non-hydrogen) atoms. The highest BCUT2D eigenvalue weighted by atomic mass is 16.5. The molecule has 2 saturated heterocycles. The molecule has 1 aromatic carbocycles. The van der Waals surface area contributed by atoms with Crippen LogP contribution in [0.2, 0.25) is 0 Å². The molecule has 2 aliphatic heterocycles. The van der Waals surface area contributed by atoms with Crippen molar-refractivity contribution < 1.29 is 19.1 Å². The first kappa shape index (κ1) is 23.2. The lowest BCUT2D eigenvalue weighted by Crippen LogP contribution is -2.53. The highest BCUT2D eigenvalue weighted by Gasteiger charge is 2.35. The Morgan fingerprint density at radius 3 is 2.52 bits per heavy atom. The van der Waals surface area contributed by atoms with Crippen molar-refractivity contribution in [2.75, 3.05) is 44.7 Å². The van der Waals surface area contributed by atoms with Gasteiger partial charge in [-0.2, -0.15) is 0 Å². The molecule has 0 saturated carbocycles. The topological polar surface area (TPSA) is 91.0 Å². The Hall–Kier alpha value is -2.45. The van der Waals surface area contributed by atoms with Gasteiger partial charge in [0, 0.05) is 37.4 Å². The molecule has 3 unspecified atom stereocenters. The Bertz CT molecular complexity index is 805. The van der Waals surface area contributed by atoms with Crippen molar-refractivity contribution in [3.05, 3.63) is 29.8 Å². The van der Waals surface area contributed by atoms with Gasteiger partial charge in [-0.1, -0.05) is 19.9 Å². The fraction of sp³-hybridized carbons (Fsp3) is 0.609. The molecular weight excluding hydrogens is 396 g/mol. The first-order valence-corrected chi connectivity index (χ1v) is 11.0. The normalized spacial score (nSPS) is 23.1. The number of hydrogen-bond acceptors (Lipinski definition) is 6. The Morgan fingerprint density at radius 1 is 1.19 bits per heavy atom. The Labute approximate surface area is 184 Å². The predicted octanol–water partition coefficient (Wildman–Crippen LogP) is 1.06. The van der Waals surface area contributed by atoms with E-state index in [2.05, 4.69) is 27.5 Å². The maximum atomic E-state index is 13.0. The molecule has 2 N–H and O–H groups in total. The smallest absolute Gasteiger partial charge is 0.252 e. The molecule has 3 atom stereocenters. The molecule has 0 aromatic heterocycles. The molecule has 3 rings (SSSR count). The molecule has 0 spiro atoms. The molecule has 1 aromatic rings. The van der Waals surface area contributed by atoms with E-state index in [1.807, 2.05) is 32.0 Å². The van der Waals surface area contributed by atoms with Crippen molar-refractivity contribution >= 4 is 23.3 Å². The summed E-state index contributed by atoms with van der Waals surface area (Å²) >= 11 is 0. The molecule has 8 heteroatoms. The number of hydrogen-bond donors (Lipinski definition) is 2. The first-order chi connectivity index (χ1) is 14.7. The molecule has 2 aliphatic rings. The third-order valence-electron chi connectivity index (χ3n) is 5.91. The predicted molar refractivity (Wildman–Crippen MR) is 119 cm³/mol. The van der Waals surface area contributed by atoms with Crippen molar-refractivity contribution in [1.82, 2.24) is 15.5 Å². The van der Waals surface area contributed by atoms with E-state index in [0.29, 0.717) is 12.0 Å². The number of amides is 2. The molecule has 8 nitrogen and oxygen atoms in total. The third kappa shape index (κ3) is 6.04. The zero-order valence-corrected chi connectivity index (χ0v) is 18.9. The van der Waals surface area contributed by atoms with Gasteiger partial charge >= 0.3 is 0 Å². The zero-order chi connectivity index (χ0) is 22.5. The molecule has 0 radical (unpaired) electrons. The van der Waals surface area contributed by atoms with Crippen LogP contribution in [0.15, 0.2) is 24.3 Å². The van der Waals surface area contributed by atoms with E-state index in [1.54, 1.807) is 13.0 Å². The van der Waals surface area contributed by atoms with Gasteiger partial charge in [0.2, 0.25) is 5.91 Å². The summed E-state index contributed by atoms with van der Waals surface area (Å²) in [6, 6.07) is 6.13. The Kier molecular flexibility index (Phi) is 7.67. The van der Waals surface area contributed by atoms with Crippen LogP contribution in [-0.4, -0.2) is 80.5 Å². The molecule has 2 amide bonds. The summed E-state index contributed by atoms with van der Waals surface area (Å²) in [5.74, 6) is -0.595. The van der Waals surface area contributed by atoms with Crippen LogP contribution in [-0.2, 0) is 14.3 Å². The fourth-order valence-electron chi connectivity index (χ4n) is 3.97. The standard InChI is InChI=1S/C23H34N4O4/c1-15(2)12-19(23(30)25-21-16(3)31-14-20(21)28)24-22(29)17-6-5-7-18(13-17)27-10-8-26(4)9-11-27/h5-7,13,15-16,19,21H,8-12,14H2,1-4H3,(H,24,29)(H,25,30). The van der Waals surface area contributed by atoms with Crippen molar-refractivity contribution in [1.29, 1.82) is 0 Å². The maximum absolute atomic E-state index is 13.0. The fourth-order valence-corrected chi connectivity index (χ4v) is 3.97. The lowest BCUT2D eigenvalue weighted by atomic mass is 10.0. The molecule has 2 heterocycles. The summed E-state index contributed by atoms with van der Waals surface area (Å²) in [4.78, 5) is 42.4. The van der Waals surface area contributed by atoms with E-state index in [1.165, 1.54) is 0 Å². The minimum absolute atomic E-state index is 0.00635. The lowest BCUT2D eigenvalue weighted by Gasteiger charge is -2.34. The van der Waals surface area contributed by atoms with E-state index in [0.717, 1.165) is 31.9 Å². The van der Waals surface area contributed by atoms with Crippen LogP contribution in [0.1, 0.15) is 37.6 Å². The van der Waals surface area contributed by atoms with Crippen LogP contribution in [0.4, 0.5) is 5.69 Å². The Morgan fingerprint density at radius 2 is 1.90 bits per heavy atom. The Balaban J connectivity index is 1.68. The number of ketones is 1. The lowest BCUT2D eigenvalue weighted by molar-refractivity contribution is -0.127. The second-order valence-electron chi connectivity index (χ2n) is 8.96. The van der Waals surface area contributed by atoms with Gasteiger partial charge in [0.05, 0.1) is 6.10 Å². The highest BCUT2D eigenvalue weighted by molar-refractivity contribution is 5.99. The van der Waals surface area contributed by atoms with Crippen molar-refractivity contribution in [2.24, 2.45) is 5.92 Å². The van der Waals surface area contributed by atoms with Gasteiger partial charge in [0.15, 0.2) is 5.78 Å². The second-order valence-corrected chi connectivity index (χ2v) is 8.96. The van der Waals surface area contributed by atoms with Gasteiger partial charge in [-0.3, -0.25) is 14.4 Å². The zero-order valence-electron chi connectivity index (χ0n) is 18.9. The monoisotopic (exact) mass is 430 g/mol. The van der Waals surface area contributed by atoms with Crippen LogP contribution in [0, 0.1) is 5.92 Å². The number of anilines is 1. The third-order valence-corrected chi connectivity index (χ3v) is 5.91. The van der Waals surface area contributed by atoms with Crippen LogP contribution < -0.4 is 15.5 Å². The SMILES string of the molecule is CC(C)CC(NC(=O)c1cccc(N2CCN(C)CC2)c1)C(=O)NC1C(=O)COC1C. The summed E-state index contributed by atoms with van der Waals surface area (Å²) in [6.45, 7) is 9.54. The second kappa shape index (κ2) is 10.2. The maximum Gasteiger partial charge on any atom is 0.252 e. The van der Waals surface area contributed by atoms with E-state index < -0.39 is 12.1 Å². The number of carbonyl (C=O) groups excluding carboxylic acids is 3. The number of nitrogens with one attached hydrogen (secondary N) is 2. The summed E-state index contributed by atoms with van der Waals surface area (Å²) in [5.41, 5.74) is 1.53. The first-order valence-electron chi connectivity index (χ1n) is 11.0. The molecule has 170 valence electrons. The van der Waals surface area contributed by atoms with Gasteiger partial charge in [0.1, 0.15) is 18.7 Å². The molecule has 0 bridgehead atoms.